The Morgan fingerprint density at radius 1 is 0.955 bits per heavy atom. The quantitative estimate of drug-likeness (QED) is 0.463. The van der Waals surface area contributed by atoms with Gasteiger partial charge in [-0.25, -0.2) is 4.79 Å². The molecular formula is C18H18O4. The summed E-state index contributed by atoms with van der Waals surface area (Å²) in [6.07, 6.45) is 3.08. The van der Waals surface area contributed by atoms with Crippen molar-refractivity contribution in [1.29, 1.82) is 0 Å². The molecule has 0 N–H and O–H groups in total. The Balaban J connectivity index is 1.92. The van der Waals surface area contributed by atoms with E-state index in [1.54, 1.807) is 37.5 Å². The predicted molar refractivity (Wildman–Crippen MR) is 85.3 cm³/mol. The van der Waals surface area contributed by atoms with Crippen molar-refractivity contribution in [3.8, 4) is 17.2 Å². The number of benzene rings is 2. The number of methoxy groups -OCH3 is 1. The Hall–Kier alpha value is -2.75. The van der Waals surface area contributed by atoms with Crippen molar-refractivity contribution in [3.63, 3.8) is 0 Å². The van der Waals surface area contributed by atoms with E-state index >= 15 is 0 Å². The average Bonchev–Trinajstić information content (AvgIpc) is 2.55. The maximum Gasteiger partial charge on any atom is 0.336 e. The van der Waals surface area contributed by atoms with Crippen molar-refractivity contribution in [3.05, 3.63) is 60.2 Å². The molecule has 0 heterocycles. The Bertz CT molecular complexity index is 627. The van der Waals surface area contributed by atoms with Gasteiger partial charge in [-0.15, -0.1) is 0 Å². The number of ether oxygens (including phenoxy) is 3. The molecular weight excluding hydrogens is 280 g/mol. The summed E-state index contributed by atoms with van der Waals surface area (Å²) in [5.74, 6) is 1.56. The van der Waals surface area contributed by atoms with E-state index in [0.717, 1.165) is 11.3 Å². The third-order valence-corrected chi connectivity index (χ3v) is 2.88. The van der Waals surface area contributed by atoms with Gasteiger partial charge in [0.15, 0.2) is 0 Å². The molecule has 114 valence electrons. The van der Waals surface area contributed by atoms with E-state index in [-0.39, 0.29) is 0 Å². The highest BCUT2D eigenvalue weighted by molar-refractivity contribution is 5.88. The fraction of sp³-hybridized carbons (Fsp3) is 0.167. The van der Waals surface area contributed by atoms with Gasteiger partial charge in [0.2, 0.25) is 0 Å². The lowest BCUT2D eigenvalue weighted by molar-refractivity contribution is -0.128. The highest BCUT2D eigenvalue weighted by Gasteiger charge is 2.01. The lowest BCUT2D eigenvalue weighted by atomic mass is 10.2. The SMILES string of the molecule is CCOc1ccc(/C=C/C(=O)Oc2ccc(OC)cc2)cc1. The zero-order valence-electron chi connectivity index (χ0n) is 12.6. The van der Waals surface area contributed by atoms with Crippen molar-refractivity contribution < 1.29 is 19.0 Å². The average molecular weight is 298 g/mol. The molecule has 0 saturated heterocycles. The van der Waals surface area contributed by atoms with Gasteiger partial charge in [0.25, 0.3) is 0 Å². The molecule has 4 nitrogen and oxygen atoms in total. The molecule has 0 atom stereocenters. The fourth-order valence-corrected chi connectivity index (χ4v) is 1.80. The molecule has 0 spiro atoms. The monoisotopic (exact) mass is 298 g/mol. The molecule has 0 bridgehead atoms. The van der Waals surface area contributed by atoms with Crippen LogP contribution in [0.3, 0.4) is 0 Å². The standard InChI is InChI=1S/C18H18O4/c1-3-21-16-7-4-14(5-8-16)6-13-18(19)22-17-11-9-15(20-2)10-12-17/h4-13H,3H2,1-2H3/b13-6+. The third-order valence-electron chi connectivity index (χ3n) is 2.88. The van der Waals surface area contributed by atoms with Crippen molar-refractivity contribution >= 4 is 12.0 Å². The second-order valence-corrected chi connectivity index (χ2v) is 4.43. The second-order valence-electron chi connectivity index (χ2n) is 4.43. The first-order valence-corrected chi connectivity index (χ1v) is 6.98. The molecule has 0 aromatic heterocycles. The molecule has 0 aliphatic carbocycles. The van der Waals surface area contributed by atoms with Crippen LogP contribution in [-0.4, -0.2) is 19.7 Å². The summed E-state index contributed by atoms with van der Waals surface area (Å²) in [5, 5.41) is 0. The normalized spacial score (nSPS) is 10.5. The smallest absolute Gasteiger partial charge is 0.336 e. The summed E-state index contributed by atoms with van der Waals surface area (Å²) in [6, 6.07) is 14.3. The number of hydrogen-bond acceptors (Lipinski definition) is 4. The Kier molecular flexibility index (Phi) is 5.60. The highest BCUT2D eigenvalue weighted by atomic mass is 16.5. The fourth-order valence-electron chi connectivity index (χ4n) is 1.80. The van der Waals surface area contributed by atoms with Gasteiger partial charge in [0.1, 0.15) is 17.2 Å². The number of rotatable bonds is 6. The van der Waals surface area contributed by atoms with Gasteiger partial charge in [-0.05, 0) is 55.0 Å². The van der Waals surface area contributed by atoms with Crippen LogP contribution in [0.25, 0.3) is 6.08 Å². The minimum atomic E-state index is -0.431. The summed E-state index contributed by atoms with van der Waals surface area (Å²) in [7, 11) is 1.58. The lowest BCUT2D eigenvalue weighted by Gasteiger charge is -2.03. The minimum absolute atomic E-state index is 0.431. The van der Waals surface area contributed by atoms with Crippen LogP contribution in [0.5, 0.6) is 17.2 Å². The van der Waals surface area contributed by atoms with Gasteiger partial charge in [0, 0.05) is 6.08 Å². The van der Waals surface area contributed by atoms with Crippen molar-refractivity contribution in [1.82, 2.24) is 0 Å². The summed E-state index contributed by atoms with van der Waals surface area (Å²) in [6.45, 7) is 2.56. The molecule has 22 heavy (non-hydrogen) atoms. The first-order chi connectivity index (χ1) is 10.7. The van der Waals surface area contributed by atoms with E-state index in [4.69, 9.17) is 14.2 Å². The van der Waals surface area contributed by atoms with E-state index < -0.39 is 5.97 Å². The van der Waals surface area contributed by atoms with E-state index in [1.807, 2.05) is 31.2 Å². The summed E-state index contributed by atoms with van der Waals surface area (Å²) < 4.78 is 15.6. The summed E-state index contributed by atoms with van der Waals surface area (Å²) in [4.78, 5) is 11.7. The second kappa shape index (κ2) is 7.88. The molecule has 2 aromatic carbocycles. The van der Waals surface area contributed by atoms with Crippen LogP contribution in [-0.2, 0) is 4.79 Å². The van der Waals surface area contributed by atoms with Crippen LogP contribution >= 0.6 is 0 Å². The van der Waals surface area contributed by atoms with Crippen LogP contribution in [0, 0.1) is 0 Å². The Morgan fingerprint density at radius 3 is 2.14 bits per heavy atom. The third kappa shape index (κ3) is 4.66. The van der Waals surface area contributed by atoms with Crippen molar-refractivity contribution in [2.24, 2.45) is 0 Å². The lowest BCUT2D eigenvalue weighted by Crippen LogP contribution is -2.03. The summed E-state index contributed by atoms with van der Waals surface area (Å²) in [5.41, 5.74) is 0.898. The summed E-state index contributed by atoms with van der Waals surface area (Å²) >= 11 is 0. The predicted octanol–water partition coefficient (Wildman–Crippen LogP) is 3.71. The number of carbonyl (C=O) groups excluding carboxylic acids is 1. The first kappa shape index (κ1) is 15.6. The van der Waals surface area contributed by atoms with Crippen LogP contribution in [0.1, 0.15) is 12.5 Å². The van der Waals surface area contributed by atoms with Crippen LogP contribution in [0.2, 0.25) is 0 Å². The van der Waals surface area contributed by atoms with E-state index in [9.17, 15) is 4.79 Å². The number of hydrogen-bond donors (Lipinski definition) is 0. The van der Waals surface area contributed by atoms with Crippen LogP contribution in [0.15, 0.2) is 54.6 Å². The number of esters is 1. The molecule has 0 amide bonds. The minimum Gasteiger partial charge on any atom is -0.497 e. The Labute approximate surface area is 129 Å². The zero-order chi connectivity index (χ0) is 15.8. The van der Waals surface area contributed by atoms with E-state index in [2.05, 4.69) is 0 Å². The molecule has 0 radical (unpaired) electrons. The highest BCUT2D eigenvalue weighted by Crippen LogP contribution is 2.17. The Morgan fingerprint density at radius 2 is 1.55 bits per heavy atom. The maximum absolute atomic E-state index is 11.7. The van der Waals surface area contributed by atoms with Crippen LogP contribution in [0.4, 0.5) is 0 Å². The topological polar surface area (TPSA) is 44.8 Å². The van der Waals surface area contributed by atoms with E-state index in [1.165, 1.54) is 6.08 Å². The van der Waals surface area contributed by atoms with Gasteiger partial charge in [0.05, 0.1) is 13.7 Å². The molecule has 2 rings (SSSR count). The number of carbonyl (C=O) groups is 1. The van der Waals surface area contributed by atoms with Crippen molar-refractivity contribution in [2.75, 3.05) is 13.7 Å². The van der Waals surface area contributed by atoms with Gasteiger partial charge >= 0.3 is 5.97 Å². The molecule has 0 fully saturated rings. The molecule has 0 saturated carbocycles. The molecule has 0 unspecified atom stereocenters. The largest absolute Gasteiger partial charge is 0.497 e. The molecule has 4 heteroatoms. The molecule has 2 aromatic rings. The first-order valence-electron chi connectivity index (χ1n) is 6.98. The molecule has 0 aliphatic heterocycles. The molecule has 0 aliphatic rings. The van der Waals surface area contributed by atoms with Crippen molar-refractivity contribution in [2.45, 2.75) is 6.92 Å². The zero-order valence-corrected chi connectivity index (χ0v) is 12.6. The van der Waals surface area contributed by atoms with Gasteiger partial charge < -0.3 is 14.2 Å². The maximum atomic E-state index is 11.7. The van der Waals surface area contributed by atoms with E-state index in [0.29, 0.717) is 18.1 Å². The van der Waals surface area contributed by atoms with Crippen LogP contribution < -0.4 is 14.2 Å². The van der Waals surface area contributed by atoms with Gasteiger partial charge in [-0.3, -0.25) is 0 Å². The van der Waals surface area contributed by atoms with Gasteiger partial charge in [-0.1, -0.05) is 12.1 Å². The van der Waals surface area contributed by atoms with Gasteiger partial charge in [-0.2, -0.15) is 0 Å².